The highest BCUT2D eigenvalue weighted by atomic mass is 32.2. The van der Waals surface area contributed by atoms with Crippen molar-refractivity contribution in [1.82, 2.24) is 0 Å². The van der Waals surface area contributed by atoms with Crippen molar-refractivity contribution in [2.75, 3.05) is 7.11 Å². The second-order valence-corrected chi connectivity index (χ2v) is 5.40. The lowest BCUT2D eigenvalue weighted by Crippen LogP contribution is -1.96. The number of hydrogen-bond acceptors (Lipinski definition) is 2. The maximum atomic E-state index is 5.28. The number of rotatable bonds is 2. The SMILES string of the molecule is COc1cccc(C2C=Cc3ccccc3S2)c1. The van der Waals surface area contributed by atoms with Gasteiger partial charge in [-0.3, -0.25) is 0 Å². The third-order valence-corrected chi connectivity index (χ3v) is 4.35. The van der Waals surface area contributed by atoms with Crippen LogP contribution >= 0.6 is 11.8 Å². The summed E-state index contributed by atoms with van der Waals surface area (Å²) >= 11 is 1.89. The van der Waals surface area contributed by atoms with Crippen LogP contribution in [0.3, 0.4) is 0 Å². The molecule has 3 rings (SSSR count). The molecule has 0 fully saturated rings. The van der Waals surface area contributed by atoms with Crippen LogP contribution in [-0.2, 0) is 0 Å². The number of fused-ring (bicyclic) bond motifs is 1. The highest BCUT2D eigenvalue weighted by molar-refractivity contribution is 7.99. The molecule has 2 heteroatoms. The molecule has 2 aromatic carbocycles. The second kappa shape index (κ2) is 4.91. The predicted octanol–water partition coefficient (Wildman–Crippen LogP) is 4.56. The van der Waals surface area contributed by atoms with E-state index in [-0.39, 0.29) is 0 Å². The molecule has 2 aromatic rings. The molecule has 0 saturated heterocycles. The lowest BCUT2D eigenvalue weighted by Gasteiger charge is -2.19. The Morgan fingerprint density at radius 2 is 1.94 bits per heavy atom. The summed E-state index contributed by atoms with van der Waals surface area (Å²) in [6, 6.07) is 16.8. The molecule has 0 bridgehead atoms. The summed E-state index contributed by atoms with van der Waals surface area (Å²) in [5, 5.41) is 0.370. The third kappa shape index (κ3) is 2.16. The molecule has 18 heavy (non-hydrogen) atoms. The summed E-state index contributed by atoms with van der Waals surface area (Å²) < 4.78 is 5.28. The Bertz CT molecular complexity index is 589. The molecular formula is C16H14OS. The van der Waals surface area contributed by atoms with E-state index in [4.69, 9.17) is 4.74 Å². The van der Waals surface area contributed by atoms with Crippen molar-refractivity contribution >= 4 is 17.8 Å². The molecule has 1 aliphatic heterocycles. The van der Waals surface area contributed by atoms with Gasteiger partial charge in [0.25, 0.3) is 0 Å². The maximum absolute atomic E-state index is 5.28. The minimum Gasteiger partial charge on any atom is -0.497 e. The van der Waals surface area contributed by atoms with Gasteiger partial charge in [-0.15, -0.1) is 11.8 Å². The highest BCUT2D eigenvalue weighted by Crippen LogP contribution is 2.42. The Hall–Kier alpha value is -1.67. The molecule has 0 amide bonds. The van der Waals surface area contributed by atoms with Crippen molar-refractivity contribution in [3.05, 3.63) is 65.7 Å². The van der Waals surface area contributed by atoms with Gasteiger partial charge < -0.3 is 4.74 Å². The highest BCUT2D eigenvalue weighted by Gasteiger charge is 2.16. The van der Waals surface area contributed by atoms with Crippen molar-refractivity contribution in [2.45, 2.75) is 10.1 Å². The fourth-order valence-corrected chi connectivity index (χ4v) is 3.23. The summed E-state index contributed by atoms with van der Waals surface area (Å²) in [6.45, 7) is 0. The predicted molar refractivity (Wildman–Crippen MR) is 77.1 cm³/mol. The van der Waals surface area contributed by atoms with E-state index in [1.54, 1.807) is 7.11 Å². The first-order valence-corrected chi connectivity index (χ1v) is 6.82. The second-order valence-electron chi connectivity index (χ2n) is 4.21. The van der Waals surface area contributed by atoms with Crippen molar-refractivity contribution in [3.63, 3.8) is 0 Å². The van der Waals surface area contributed by atoms with Crippen LogP contribution < -0.4 is 4.74 Å². The Morgan fingerprint density at radius 3 is 2.83 bits per heavy atom. The average molecular weight is 254 g/mol. The van der Waals surface area contributed by atoms with E-state index in [9.17, 15) is 0 Å². The molecule has 1 aliphatic rings. The van der Waals surface area contributed by atoms with Crippen molar-refractivity contribution in [1.29, 1.82) is 0 Å². The van der Waals surface area contributed by atoms with E-state index in [2.05, 4.69) is 48.6 Å². The minimum absolute atomic E-state index is 0.370. The van der Waals surface area contributed by atoms with Crippen molar-refractivity contribution in [3.8, 4) is 5.75 Å². The molecule has 0 aromatic heterocycles. The smallest absolute Gasteiger partial charge is 0.119 e. The van der Waals surface area contributed by atoms with Gasteiger partial charge in [-0.05, 0) is 29.3 Å². The maximum Gasteiger partial charge on any atom is 0.119 e. The van der Waals surface area contributed by atoms with Crippen LogP contribution in [0.15, 0.2) is 59.5 Å². The Kier molecular flexibility index (Phi) is 3.11. The molecule has 0 aliphatic carbocycles. The zero-order valence-corrected chi connectivity index (χ0v) is 11.0. The Balaban J connectivity index is 1.92. The van der Waals surface area contributed by atoms with Gasteiger partial charge in [-0.25, -0.2) is 0 Å². The van der Waals surface area contributed by atoms with E-state index in [0.717, 1.165) is 5.75 Å². The summed E-state index contributed by atoms with van der Waals surface area (Å²) in [6.07, 6.45) is 4.46. The normalized spacial score (nSPS) is 17.3. The standard InChI is InChI=1S/C16H14OS/c1-17-14-7-4-6-13(11-14)16-10-9-12-5-2-3-8-15(12)18-16/h2-11,16H,1H3. The lowest BCUT2D eigenvalue weighted by atomic mass is 10.1. The molecule has 90 valence electrons. The van der Waals surface area contributed by atoms with Crippen LogP contribution in [0.1, 0.15) is 16.4 Å². The summed E-state index contributed by atoms with van der Waals surface area (Å²) in [5.41, 5.74) is 2.59. The largest absolute Gasteiger partial charge is 0.497 e. The first-order chi connectivity index (χ1) is 8.86. The minimum atomic E-state index is 0.370. The van der Waals surface area contributed by atoms with Crippen LogP contribution in [0, 0.1) is 0 Å². The number of thioether (sulfide) groups is 1. The quantitative estimate of drug-likeness (QED) is 0.777. The lowest BCUT2D eigenvalue weighted by molar-refractivity contribution is 0.414. The van der Waals surface area contributed by atoms with Gasteiger partial charge in [0.15, 0.2) is 0 Å². The fourth-order valence-electron chi connectivity index (χ4n) is 2.09. The molecule has 1 atom stereocenters. The number of hydrogen-bond donors (Lipinski definition) is 0. The number of ether oxygens (including phenoxy) is 1. The molecule has 1 unspecified atom stereocenters. The summed E-state index contributed by atoms with van der Waals surface area (Å²) in [4.78, 5) is 1.34. The van der Waals surface area contributed by atoms with Crippen molar-refractivity contribution in [2.24, 2.45) is 0 Å². The van der Waals surface area contributed by atoms with E-state index < -0.39 is 0 Å². The fraction of sp³-hybridized carbons (Fsp3) is 0.125. The first-order valence-electron chi connectivity index (χ1n) is 5.94. The van der Waals surface area contributed by atoms with E-state index >= 15 is 0 Å². The first kappa shape index (κ1) is 11.4. The summed E-state index contributed by atoms with van der Waals surface area (Å²) in [7, 11) is 1.71. The van der Waals surface area contributed by atoms with E-state index in [1.807, 2.05) is 23.9 Å². The van der Waals surface area contributed by atoms with Gasteiger partial charge in [0.1, 0.15) is 5.75 Å². The molecule has 0 N–H and O–H groups in total. The zero-order valence-electron chi connectivity index (χ0n) is 10.2. The van der Waals surface area contributed by atoms with Crippen LogP contribution in [0.5, 0.6) is 5.75 Å². The van der Waals surface area contributed by atoms with Gasteiger partial charge in [0.05, 0.1) is 12.4 Å². The number of benzene rings is 2. The third-order valence-electron chi connectivity index (χ3n) is 3.05. The summed E-state index contributed by atoms with van der Waals surface area (Å²) in [5.74, 6) is 0.917. The Labute approximate surface area is 111 Å². The number of methoxy groups -OCH3 is 1. The van der Waals surface area contributed by atoms with Crippen LogP contribution in [0.25, 0.3) is 6.08 Å². The van der Waals surface area contributed by atoms with Gasteiger partial charge in [-0.2, -0.15) is 0 Å². The topological polar surface area (TPSA) is 9.23 Å². The molecule has 0 radical (unpaired) electrons. The van der Waals surface area contributed by atoms with Crippen LogP contribution in [0.2, 0.25) is 0 Å². The monoisotopic (exact) mass is 254 g/mol. The van der Waals surface area contributed by atoms with Gasteiger partial charge >= 0.3 is 0 Å². The Morgan fingerprint density at radius 1 is 1.06 bits per heavy atom. The molecule has 0 spiro atoms. The van der Waals surface area contributed by atoms with Crippen LogP contribution in [0.4, 0.5) is 0 Å². The van der Waals surface area contributed by atoms with Crippen molar-refractivity contribution < 1.29 is 4.74 Å². The van der Waals surface area contributed by atoms with Crippen LogP contribution in [-0.4, -0.2) is 7.11 Å². The molecule has 0 saturated carbocycles. The van der Waals surface area contributed by atoms with Gasteiger partial charge in [0, 0.05) is 4.90 Å². The van der Waals surface area contributed by atoms with E-state index in [0.29, 0.717) is 5.25 Å². The average Bonchev–Trinajstić information content (AvgIpc) is 2.47. The zero-order chi connectivity index (χ0) is 12.4. The van der Waals surface area contributed by atoms with Gasteiger partial charge in [0.2, 0.25) is 0 Å². The van der Waals surface area contributed by atoms with E-state index in [1.165, 1.54) is 16.0 Å². The molecular weight excluding hydrogens is 240 g/mol. The van der Waals surface area contributed by atoms with Gasteiger partial charge in [-0.1, -0.05) is 42.5 Å². The molecule has 1 nitrogen and oxygen atoms in total. The molecule has 1 heterocycles.